The highest BCUT2D eigenvalue weighted by molar-refractivity contribution is 7.89. The van der Waals surface area contributed by atoms with Gasteiger partial charge in [0.2, 0.25) is 10.0 Å². The first kappa shape index (κ1) is 26.9. The number of hydrogen-bond donors (Lipinski definition) is 2. The molecule has 0 aromatic heterocycles. The number of carbonyl (C=O) groups excluding carboxylic acids is 2. The Morgan fingerprint density at radius 3 is 2.00 bits per heavy atom. The van der Waals surface area contributed by atoms with Crippen molar-refractivity contribution in [1.82, 2.24) is 4.72 Å². The maximum Gasteiger partial charge on any atom is 0.323 e. The summed E-state index contributed by atoms with van der Waals surface area (Å²) in [5.41, 5.74) is 4.51. The van der Waals surface area contributed by atoms with Gasteiger partial charge in [-0.3, -0.25) is 19.7 Å². The van der Waals surface area contributed by atoms with Crippen molar-refractivity contribution in [2.75, 3.05) is 14.2 Å². The normalized spacial score (nSPS) is 12.3. The molecule has 27 heavy (non-hydrogen) atoms. The molecular formula is C14H22ClN3O8S. The van der Waals surface area contributed by atoms with E-state index in [1.807, 2.05) is 4.72 Å². The van der Waals surface area contributed by atoms with E-state index < -0.39 is 43.6 Å². The van der Waals surface area contributed by atoms with Crippen LogP contribution in [0.25, 0.3) is 0 Å². The van der Waals surface area contributed by atoms with E-state index >= 15 is 0 Å². The lowest BCUT2D eigenvalue weighted by Crippen LogP contribution is -2.39. The second kappa shape index (κ2) is 12.2. The van der Waals surface area contributed by atoms with E-state index in [4.69, 9.17) is 5.73 Å². The number of esters is 2. The molecule has 0 amide bonds. The zero-order valence-corrected chi connectivity index (χ0v) is 16.7. The molecule has 154 valence electrons. The third-order valence-corrected chi connectivity index (χ3v) is 4.40. The summed E-state index contributed by atoms with van der Waals surface area (Å²) < 4.78 is 34.6. The van der Waals surface area contributed by atoms with Crippen LogP contribution in [0.2, 0.25) is 0 Å². The average Bonchev–Trinajstić information content (AvgIpc) is 2.60. The van der Waals surface area contributed by atoms with Gasteiger partial charge in [0.15, 0.2) is 4.90 Å². The van der Waals surface area contributed by atoms with E-state index in [1.165, 1.54) is 26.2 Å². The summed E-state index contributed by atoms with van der Waals surface area (Å²) in [5, 5.41) is 10.8. The minimum absolute atomic E-state index is 0. The SMILES string of the molecule is COC(=O)C(C)N.COC(=O)C(C)NS(=O)(=O)c1ccccc1[N+](=O)[O-].Cl. The third kappa shape index (κ3) is 8.77. The number of rotatable bonds is 6. The standard InChI is InChI=1S/C10H12N2O6S.C4H9NO2.ClH/c1-7(10(13)18-2)11-19(16,17)9-6-4-3-5-8(9)12(14)15;1-3(5)4(6)7-2;/h3-7,11H,1-2H3;3H,5H2,1-2H3;1H. The number of nitrogens with zero attached hydrogens (tertiary/aromatic N) is 1. The number of para-hydroxylation sites is 1. The Bertz CT molecular complexity index is 754. The van der Waals surface area contributed by atoms with Crippen LogP contribution in [0.15, 0.2) is 29.2 Å². The minimum Gasteiger partial charge on any atom is -0.468 e. The molecule has 0 saturated carbocycles. The number of nitrogens with one attached hydrogen (secondary N) is 1. The van der Waals surface area contributed by atoms with Crippen LogP contribution in [0.5, 0.6) is 0 Å². The second-order valence-electron chi connectivity index (χ2n) is 4.90. The number of nitro groups is 1. The zero-order chi connectivity index (χ0) is 20.5. The molecule has 0 bridgehead atoms. The van der Waals surface area contributed by atoms with Gasteiger partial charge in [0, 0.05) is 6.07 Å². The number of halogens is 1. The molecule has 3 N–H and O–H groups in total. The Balaban J connectivity index is 0. The fraction of sp³-hybridized carbons (Fsp3) is 0.429. The molecule has 11 nitrogen and oxygen atoms in total. The number of ether oxygens (including phenoxy) is 2. The fourth-order valence-electron chi connectivity index (χ4n) is 1.54. The van der Waals surface area contributed by atoms with Crippen LogP contribution in [0, 0.1) is 10.1 Å². The summed E-state index contributed by atoms with van der Waals surface area (Å²) in [4.78, 5) is 30.8. The number of methoxy groups -OCH3 is 2. The average molecular weight is 428 g/mol. The van der Waals surface area contributed by atoms with Gasteiger partial charge in [-0.05, 0) is 19.9 Å². The number of sulfonamides is 1. The van der Waals surface area contributed by atoms with E-state index in [2.05, 4.69) is 9.47 Å². The molecular weight excluding hydrogens is 406 g/mol. The Labute approximate surface area is 162 Å². The maximum absolute atomic E-state index is 12.0. The summed E-state index contributed by atoms with van der Waals surface area (Å²) in [7, 11) is -1.76. The van der Waals surface area contributed by atoms with Gasteiger partial charge in [-0.15, -0.1) is 12.4 Å². The first-order chi connectivity index (χ1) is 12.0. The molecule has 0 aliphatic heterocycles. The van der Waals surface area contributed by atoms with Crippen LogP contribution >= 0.6 is 12.4 Å². The molecule has 1 aromatic rings. The van der Waals surface area contributed by atoms with Crippen LogP contribution in [0.3, 0.4) is 0 Å². The van der Waals surface area contributed by atoms with Crippen LogP contribution in [-0.2, 0) is 29.1 Å². The zero-order valence-electron chi connectivity index (χ0n) is 15.1. The largest absolute Gasteiger partial charge is 0.468 e. The smallest absolute Gasteiger partial charge is 0.323 e. The van der Waals surface area contributed by atoms with Crippen LogP contribution in [0.1, 0.15) is 13.8 Å². The van der Waals surface area contributed by atoms with Crippen molar-refractivity contribution in [2.45, 2.75) is 30.8 Å². The summed E-state index contributed by atoms with van der Waals surface area (Å²) in [6, 6.07) is 3.22. The number of carbonyl (C=O) groups is 2. The highest BCUT2D eigenvalue weighted by atomic mass is 35.5. The summed E-state index contributed by atoms with van der Waals surface area (Å²) in [6.07, 6.45) is 0. The predicted octanol–water partition coefficient (Wildman–Crippen LogP) is 0.363. The van der Waals surface area contributed by atoms with Gasteiger partial charge in [0.25, 0.3) is 5.69 Å². The van der Waals surface area contributed by atoms with Gasteiger partial charge in [-0.1, -0.05) is 12.1 Å². The van der Waals surface area contributed by atoms with Gasteiger partial charge in [0.1, 0.15) is 12.1 Å². The monoisotopic (exact) mass is 427 g/mol. The Morgan fingerprint density at radius 2 is 1.63 bits per heavy atom. The minimum atomic E-state index is -4.18. The van der Waals surface area contributed by atoms with Gasteiger partial charge < -0.3 is 15.2 Å². The Morgan fingerprint density at radius 1 is 1.15 bits per heavy atom. The first-order valence-corrected chi connectivity index (χ1v) is 8.63. The molecule has 0 radical (unpaired) electrons. The van der Waals surface area contributed by atoms with Crippen molar-refractivity contribution in [3.05, 3.63) is 34.4 Å². The lowest BCUT2D eigenvalue weighted by Gasteiger charge is -2.12. The number of nitro benzene ring substituents is 1. The van der Waals surface area contributed by atoms with Crippen molar-refractivity contribution in [3.63, 3.8) is 0 Å². The summed E-state index contributed by atoms with van der Waals surface area (Å²) in [6.45, 7) is 2.85. The third-order valence-electron chi connectivity index (χ3n) is 2.81. The van der Waals surface area contributed by atoms with Gasteiger partial charge in [-0.25, -0.2) is 8.42 Å². The second-order valence-corrected chi connectivity index (χ2v) is 6.59. The lowest BCUT2D eigenvalue weighted by molar-refractivity contribution is -0.387. The number of nitrogens with two attached hydrogens (primary N) is 1. The van der Waals surface area contributed by atoms with E-state index in [9.17, 15) is 28.1 Å². The Kier molecular flexibility index (Phi) is 12.1. The lowest BCUT2D eigenvalue weighted by atomic mass is 10.3. The highest BCUT2D eigenvalue weighted by Crippen LogP contribution is 2.22. The summed E-state index contributed by atoms with van der Waals surface area (Å²) in [5.74, 6) is -1.16. The maximum atomic E-state index is 12.0. The molecule has 0 saturated heterocycles. The van der Waals surface area contributed by atoms with E-state index in [0.717, 1.165) is 19.2 Å². The van der Waals surface area contributed by atoms with Crippen molar-refractivity contribution < 1.29 is 32.4 Å². The topological polar surface area (TPSA) is 168 Å². The van der Waals surface area contributed by atoms with Crippen LogP contribution in [-0.4, -0.2) is 51.6 Å². The summed E-state index contributed by atoms with van der Waals surface area (Å²) >= 11 is 0. The first-order valence-electron chi connectivity index (χ1n) is 7.14. The molecule has 1 aromatic carbocycles. The molecule has 1 rings (SSSR count). The van der Waals surface area contributed by atoms with Gasteiger partial charge in [-0.2, -0.15) is 4.72 Å². The molecule has 13 heteroatoms. The van der Waals surface area contributed by atoms with Crippen molar-refractivity contribution in [1.29, 1.82) is 0 Å². The van der Waals surface area contributed by atoms with E-state index in [-0.39, 0.29) is 18.4 Å². The quantitative estimate of drug-likeness (QED) is 0.369. The highest BCUT2D eigenvalue weighted by Gasteiger charge is 2.28. The van der Waals surface area contributed by atoms with Gasteiger partial charge >= 0.3 is 11.9 Å². The van der Waals surface area contributed by atoms with Crippen molar-refractivity contribution in [3.8, 4) is 0 Å². The molecule has 0 aliphatic carbocycles. The van der Waals surface area contributed by atoms with Crippen LogP contribution in [0.4, 0.5) is 5.69 Å². The molecule has 2 atom stereocenters. The number of benzene rings is 1. The van der Waals surface area contributed by atoms with Crippen LogP contribution < -0.4 is 10.5 Å². The van der Waals surface area contributed by atoms with Gasteiger partial charge in [0.05, 0.1) is 19.1 Å². The molecule has 0 aliphatic rings. The van der Waals surface area contributed by atoms with Crippen molar-refractivity contribution in [2.24, 2.45) is 5.73 Å². The molecule has 2 unspecified atom stereocenters. The predicted molar refractivity (Wildman–Crippen MR) is 97.8 cm³/mol. The molecule has 0 heterocycles. The van der Waals surface area contributed by atoms with E-state index in [1.54, 1.807) is 6.92 Å². The fourth-order valence-corrected chi connectivity index (χ4v) is 2.91. The Hall–Kier alpha value is -2.28. The van der Waals surface area contributed by atoms with Crippen molar-refractivity contribution >= 4 is 40.1 Å². The molecule has 0 spiro atoms. The van der Waals surface area contributed by atoms with E-state index in [0.29, 0.717) is 0 Å². The number of hydrogen-bond acceptors (Lipinski definition) is 9. The molecule has 0 fully saturated rings.